The Kier molecular flexibility index (Phi) is 5.02. The van der Waals surface area contributed by atoms with Crippen LogP contribution in [0.1, 0.15) is 45.4 Å². The van der Waals surface area contributed by atoms with Crippen molar-refractivity contribution in [1.29, 1.82) is 0 Å². The molecular formula is C15H25NO4. The normalized spacial score (nSPS) is 33.0. The zero-order valence-electron chi connectivity index (χ0n) is 12.6. The number of hydrogen-bond acceptors (Lipinski definition) is 5. The van der Waals surface area contributed by atoms with Gasteiger partial charge in [0.25, 0.3) is 0 Å². The molecule has 4 unspecified atom stereocenters. The summed E-state index contributed by atoms with van der Waals surface area (Å²) in [5, 5.41) is 0. The van der Waals surface area contributed by atoms with Crippen LogP contribution < -0.4 is 0 Å². The first-order valence-corrected chi connectivity index (χ1v) is 7.57. The Hall–Kier alpha value is -1.10. The van der Waals surface area contributed by atoms with Crippen LogP contribution in [0, 0.1) is 5.92 Å². The van der Waals surface area contributed by atoms with Crippen molar-refractivity contribution in [3.63, 3.8) is 0 Å². The fourth-order valence-corrected chi connectivity index (χ4v) is 3.54. The van der Waals surface area contributed by atoms with Crippen LogP contribution in [-0.2, 0) is 19.1 Å². The highest BCUT2D eigenvalue weighted by molar-refractivity contribution is 5.75. The fraction of sp³-hybridized carbons (Fsp3) is 0.867. The molecule has 0 aromatic heterocycles. The van der Waals surface area contributed by atoms with Gasteiger partial charge in [-0.15, -0.1) is 0 Å². The van der Waals surface area contributed by atoms with Gasteiger partial charge < -0.3 is 9.47 Å². The van der Waals surface area contributed by atoms with Crippen molar-refractivity contribution in [2.75, 3.05) is 14.2 Å². The molecule has 0 radical (unpaired) electrons. The average Bonchev–Trinajstić information content (AvgIpc) is 2.68. The first-order valence-electron chi connectivity index (χ1n) is 7.57. The van der Waals surface area contributed by atoms with Crippen LogP contribution in [0.4, 0.5) is 0 Å². The van der Waals surface area contributed by atoms with Crippen molar-refractivity contribution < 1.29 is 19.1 Å². The molecule has 2 bridgehead atoms. The van der Waals surface area contributed by atoms with Gasteiger partial charge in [0.05, 0.1) is 7.11 Å². The number of methoxy groups -OCH3 is 1. The van der Waals surface area contributed by atoms with Crippen LogP contribution in [0.15, 0.2) is 0 Å². The van der Waals surface area contributed by atoms with Crippen LogP contribution in [0.5, 0.6) is 0 Å². The SMILES string of the molecule is CCCCC(=O)OC1CC2CCC(C1C(=O)OC)N2C. The van der Waals surface area contributed by atoms with E-state index in [1.54, 1.807) is 0 Å². The summed E-state index contributed by atoms with van der Waals surface area (Å²) in [4.78, 5) is 26.2. The second-order valence-corrected chi connectivity index (χ2v) is 5.88. The third-order valence-electron chi connectivity index (χ3n) is 4.70. The largest absolute Gasteiger partial charge is 0.469 e. The van der Waals surface area contributed by atoms with Crippen molar-refractivity contribution in [2.45, 2.75) is 63.6 Å². The van der Waals surface area contributed by atoms with E-state index in [4.69, 9.17) is 9.47 Å². The second kappa shape index (κ2) is 6.57. The quantitative estimate of drug-likeness (QED) is 0.719. The standard InChI is InChI=1S/C15H25NO4/c1-4-5-6-13(17)20-12-9-10-7-8-11(16(10)2)14(12)15(18)19-3/h10-12,14H,4-9H2,1-3H3. The molecule has 2 rings (SSSR count). The molecule has 0 saturated carbocycles. The average molecular weight is 283 g/mol. The second-order valence-electron chi connectivity index (χ2n) is 5.88. The van der Waals surface area contributed by atoms with E-state index in [1.165, 1.54) is 7.11 Å². The van der Waals surface area contributed by atoms with Crippen LogP contribution in [0.3, 0.4) is 0 Å². The minimum absolute atomic E-state index is 0.144. The van der Waals surface area contributed by atoms with Crippen LogP contribution >= 0.6 is 0 Å². The third-order valence-corrected chi connectivity index (χ3v) is 4.70. The van der Waals surface area contributed by atoms with Crippen molar-refractivity contribution in [3.05, 3.63) is 0 Å². The number of ether oxygens (including phenoxy) is 2. The summed E-state index contributed by atoms with van der Waals surface area (Å²) in [5.41, 5.74) is 0. The van der Waals surface area contributed by atoms with E-state index in [1.807, 2.05) is 14.0 Å². The summed E-state index contributed by atoms with van der Waals surface area (Å²) >= 11 is 0. The number of carbonyl (C=O) groups excluding carboxylic acids is 2. The molecule has 2 aliphatic rings. The summed E-state index contributed by atoms with van der Waals surface area (Å²) in [6.07, 6.45) is 4.70. The van der Waals surface area contributed by atoms with Crippen molar-refractivity contribution in [2.24, 2.45) is 5.92 Å². The zero-order chi connectivity index (χ0) is 14.7. The van der Waals surface area contributed by atoms with E-state index in [0.29, 0.717) is 12.5 Å². The van der Waals surface area contributed by atoms with Gasteiger partial charge in [-0.25, -0.2) is 0 Å². The van der Waals surface area contributed by atoms with Gasteiger partial charge in [-0.3, -0.25) is 14.5 Å². The maximum Gasteiger partial charge on any atom is 0.314 e. The lowest BCUT2D eigenvalue weighted by atomic mass is 9.87. The van der Waals surface area contributed by atoms with Gasteiger partial charge in [0.2, 0.25) is 0 Å². The maximum absolute atomic E-state index is 12.1. The van der Waals surface area contributed by atoms with Gasteiger partial charge in [-0.1, -0.05) is 13.3 Å². The molecular weight excluding hydrogens is 258 g/mol. The number of hydrogen-bond donors (Lipinski definition) is 0. The van der Waals surface area contributed by atoms with Gasteiger partial charge in [0, 0.05) is 24.9 Å². The Labute approximate surface area is 120 Å². The summed E-state index contributed by atoms with van der Waals surface area (Å²) < 4.78 is 10.5. The number of nitrogens with zero attached hydrogens (tertiary/aromatic N) is 1. The highest BCUT2D eigenvalue weighted by Gasteiger charge is 2.50. The number of fused-ring (bicyclic) bond motifs is 2. The van der Waals surface area contributed by atoms with E-state index < -0.39 is 0 Å². The molecule has 0 aromatic rings. The summed E-state index contributed by atoms with van der Waals surface area (Å²) in [6, 6.07) is 0.565. The molecule has 0 amide bonds. The highest BCUT2D eigenvalue weighted by atomic mass is 16.6. The number of unbranched alkanes of at least 4 members (excludes halogenated alkanes) is 1. The molecule has 0 aromatic carbocycles. The lowest BCUT2D eigenvalue weighted by molar-refractivity contribution is -0.168. The lowest BCUT2D eigenvalue weighted by Crippen LogP contribution is -2.53. The predicted molar refractivity (Wildman–Crippen MR) is 74.1 cm³/mol. The van der Waals surface area contributed by atoms with Gasteiger partial charge in [-0.05, 0) is 26.3 Å². The summed E-state index contributed by atoms with van der Waals surface area (Å²) in [6.45, 7) is 2.04. The molecule has 5 nitrogen and oxygen atoms in total. The molecule has 0 spiro atoms. The van der Waals surface area contributed by atoms with E-state index >= 15 is 0 Å². The predicted octanol–water partition coefficient (Wildman–Crippen LogP) is 1.74. The Morgan fingerprint density at radius 1 is 1.30 bits per heavy atom. The summed E-state index contributed by atoms with van der Waals surface area (Å²) in [5.74, 6) is -0.778. The Balaban J connectivity index is 2.05. The molecule has 114 valence electrons. The Morgan fingerprint density at radius 2 is 2.05 bits per heavy atom. The van der Waals surface area contributed by atoms with Crippen LogP contribution in [0.2, 0.25) is 0 Å². The van der Waals surface area contributed by atoms with Crippen LogP contribution in [0.25, 0.3) is 0 Å². The van der Waals surface area contributed by atoms with E-state index in [9.17, 15) is 9.59 Å². The number of carbonyl (C=O) groups is 2. The van der Waals surface area contributed by atoms with Gasteiger partial charge in [-0.2, -0.15) is 0 Å². The summed E-state index contributed by atoms with van der Waals surface area (Å²) in [7, 11) is 3.45. The highest BCUT2D eigenvalue weighted by Crippen LogP contribution is 2.40. The molecule has 20 heavy (non-hydrogen) atoms. The molecule has 0 N–H and O–H groups in total. The number of piperidine rings is 1. The Morgan fingerprint density at radius 3 is 2.70 bits per heavy atom. The molecule has 0 aliphatic carbocycles. The fourth-order valence-electron chi connectivity index (χ4n) is 3.54. The smallest absolute Gasteiger partial charge is 0.314 e. The van der Waals surface area contributed by atoms with E-state index in [2.05, 4.69) is 4.90 Å². The third kappa shape index (κ3) is 2.97. The van der Waals surface area contributed by atoms with Gasteiger partial charge in [0.1, 0.15) is 12.0 Å². The topological polar surface area (TPSA) is 55.8 Å². The molecule has 2 saturated heterocycles. The minimum Gasteiger partial charge on any atom is -0.469 e. The van der Waals surface area contributed by atoms with E-state index in [0.717, 1.165) is 32.1 Å². The van der Waals surface area contributed by atoms with Crippen molar-refractivity contribution in [1.82, 2.24) is 4.90 Å². The van der Waals surface area contributed by atoms with Crippen molar-refractivity contribution >= 4 is 11.9 Å². The van der Waals surface area contributed by atoms with E-state index in [-0.39, 0.29) is 30.0 Å². The zero-order valence-corrected chi connectivity index (χ0v) is 12.6. The molecule has 2 fully saturated rings. The molecule has 2 aliphatic heterocycles. The first-order chi connectivity index (χ1) is 9.58. The van der Waals surface area contributed by atoms with Crippen molar-refractivity contribution in [3.8, 4) is 0 Å². The first kappa shape index (κ1) is 15.3. The monoisotopic (exact) mass is 283 g/mol. The number of esters is 2. The Bertz CT molecular complexity index is 371. The lowest BCUT2D eigenvalue weighted by Gasteiger charge is -2.40. The molecule has 2 heterocycles. The molecule has 5 heteroatoms. The maximum atomic E-state index is 12.1. The molecule has 4 atom stereocenters. The number of rotatable bonds is 5. The van der Waals surface area contributed by atoms with Gasteiger partial charge >= 0.3 is 11.9 Å². The van der Waals surface area contributed by atoms with Gasteiger partial charge in [0.15, 0.2) is 0 Å². The minimum atomic E-state index is -0.339. The van der Waals surface area contributed by atoms with Crippen LogP contribution in [-0.4, -0.2) is 49.2 Å².